The van der Waals surface area contributed by atoms with E-state index in [1.807, 2.05) is 0 Å². The Morgan fingerprint density at radius 1 is 0.296 bits per heavy atom. The van der Waals surface area contributed by atoms with E-state index >= 15 is 0 Å². The first-order chi connectivity index (χ1) is 26.6. The monoisotopic (exact) mass is 686 g/mol. The third kappa shape index (κ3) is 4.14. The highest BCUT2D eigenvalue weighted by atomic mass is 14.5. The second-order valence-electron chi connectivity index (χ2n) is 15.6. The molecule has 0 N–H and O–H groups in total. The lowest BCUT2D eigenvalue weighted by atomic mass is 9.67. The van der Waals surface area contributed by atoms with Crippen molar-refractivity contribution in [3.8, 4) is 44.5 Å². The molecule has 0 aromatic heterocycles. The molecule has 0 aliphatic heterocycles. The molecule has 0 amide bonds. The Morgan fingerprint density at radius 3 is 1.19 bits per heavy atom. The van der Waals surface area contributed by atoms with Gasteiger partial charge in [0.05, 0.1) is 5.41 Å². The van der Waals surface area contributed by atoms with Crippen molar-refractivity contribution in [3.05, 3.63) is 228 Å². The van der Waals surface area contributed by atoms with E-state index in [2.05, 4.69) is 208 Å². The van der Waals surface area contributed by atoms with Gasteiger partial charge in [0.25, 0.3) is 0 Å². The van der Waals surface area contributed by atoms with Crippen LogP contribution in [0.5, 0.6) is 0 Å². The smallest absolute Gasteiger partial charge is 0.0622 e. The second kappa shape index (κ2) is 11.5. The van der Waals surface area contributed by atoms with Gasteiger partial charge in [-0.1, -0.05) is 196 Å². The highest BCUT2D eigenvalue weighted by Crippen LogP contribution is 2.57. The van der Waals surface area contributed by atoms with Gasteiger partial charge < -0.3 is 0 Å². The van der Waals surface area contributed by atoms with Crippen molar-refractivity contribution >= 4 is 21.5 Å². The summed E-state index contributed by atoms with van der Waals surface area (Å²) in [5, 5.41) is 5.10. The minimum absolute atomic E-state index is 0.0700. The van der Waals surface area contributed by atoms with Crippen LogP contribution < -0.4 is 0 Å². The van der Waals surface area contributed by atoms with Gasteiger partial charge in [0.15, 0.2) is 0 Å². The first-order valence-corrected chi connectivity index (χ1v) is 19.1. The van der Waals surface area contributed by atoms with E-state index in [1.165, 1.54) is 99.4 Å². The molecule has 9 aromatic rings. The molecular weight excluding hydrogens is 649 g/mol. The van der Waals surface area contributed by atoms with Crippen LogP contribution in [-0.2, 0) is 10.8 Å². The molecule has 0 saturated heterocycles. The third-order valence-electron chi connectivity index (χ3n) is 12.6. The maximum atomic E-state index is 2.51. The maximum absolute atomic E-state index is 2.51. The standard InChI is InChI=1S/C54H38/c1-53(2)47-27-15-13-21-39(47)41-31-29-35(33-49(41)53)51-43-23-9-11-25-45(43)52(46-26-12-10-24-44(46)51)36-30-32-42-40-22-14-16-28-48(40)54(50(42)34-36,37-17-5-3-6-18-37)38-19-7-4-8-20-38/h3-34H,1-2H3. The summed E-state index contributed by atoms with van der Waals surface area (Å²) in [6.07, 6.45) is 0. The largest absolute Gasteiger partial charge is 0.0713 e. The third-order valence-corrected chi connectivity index (χ3v) is 12.6. The predicted molar refractivity (Wildman–Crippen MR) is 227 cm³/mol. The van der Waals surface area contributed by atoms with E-state index in [1.54, 1.807) is 0 Å². The normalized spacial score (nSPS) is 14.4. The summed E-state index contributed by atoms with van der Waals surface area (Å²) in [4.78, 5) is 0. The van der Waals surface area contributed by atoms with Gasteiger partial charge in [-0.05, 0) is 112 Å². The van der Waals surface area contributed by atoms with Gasteiger partial charge in [0, 0.05) is 5.41 Å². The molecule has 0 heteroatoms. The summed E-state index contributed by atoms with van der Waals surface area (Å²) in [6.45, 7) is 4.75. The number of benzene rings is 9. The van der Waals surface area contributed by atoms with Crippen LogP contribution in [0.1, 0.15) is 47.2 Å². The molecule has 0 bridgehead atoms. The summed E-state index contributed by atoms with van der Waals surface area (Å²) >= 11 is 0. The maximum Gasteiger partial charge on any atom is 0.0713 e. The summed E-state index contributed by atoms with van der Waals surface area (Å²) in [5.74, 6) is 0. The van der Waals surface area contributed by atoms with Crippen LogP contribution in [0.4, 0.5) is 0 Å². The molecule has 9 aromatic carbocycles. The molecule has 254 valence electrons. The highest BCUT2D eigenvalue weighted by Gasteiger charge is 2.46. The van der Waals surface area contributed by atoms with Crippen LogP contribution in [0, 0.1) is 0 Å². The molecule has 0 atom stereocenters. The average Bonchev–Trinajstić information content (AvgIpc) is 3.65. The fraction of sp³-hybridized carbons (Fsp3) is 0.0741. The molecule has 0 nitrogen and oxygen atoms in total. The van der Waals surface area contributed by atoms with Crippen molar-refractivity contribution in [2.24, 2.45) is 0 Å². The van der Waals surface area contributed by atoms with Crippen LogP contribution in [0.25, 0.3) is 66.1 Å². The zero-order valence-electron chi connectivity index (χ0n) is 30.5. The Balaban J connectivity index is 1.19. The van der Waals surface area contributed by atoms with Gasteiger partial charge in [-0.3, -0.25) is 0 Å². The topological polar surface area (TPSA) is 0 Å². The Kier molecular flexibility index (Phi) is 6.61. The van der Waals surface area contributed by atoms with E-state index in [-0.39, 0.29) is 5.41 Å². The Hall–Kier alpha value is -6.50. The zero-order valence-corrected chi connectivity index (χ0v) is 30.5. The van der Waals surface area contributed by atoms with Gasteiger partial charge in [0.2, 0.25) is 0 Å². The van der Waals surface area contributed by atoms with Crippen molar-refractivity contribution in [3.63, 3.8) is 0 Å². The number of fused-ring (bicyclic) bond motifs is 8. The van der Waals surface area contributed by atoms with Crippen molar-refractivity contribution in [1.82, 2.24) is 0 Å². The predicted octanol–water partition coefficient (Wildman–Crippen LogP) is 14.0. The first kappa shape index (κ1) is 31.1. The molecule has 0 radical (unpaired) electrons. The Labute approximate surface area is 317 Å². The minimum atomic E-state index is -0.454. The quantitative estimate of drug-likeness (QED) is 0.162. The molecule has 54 heavy (non-hydrogen) atoms. The molecule has 0 unspecified atom stereocenters. The van der Waals surface area contributed by atoms with Gasteiger partial charge in [0.1, 0.15) is 0 Å². The molecular formula is C54H38. The van der Waals surface area contributed by atoms with Crippen molar-refractivity contribution in [1.29, 1.82) is 0 Å². The number of hydrogen-bond acceptors (Lipinski definition) is 0. The van der Waals surface area contributed by atoms with Crippen molar-refractivity contribution in [2.45, 2.75) is 24.7 Å². The summed E-state index contributed by atoms with van der Waals surface area (Å²) in [5.41, 5.74) is 17.9. The van der Waals surface area contributed by atoms with Gasteiger partial charge >= 0.3 is 0 Å². The van der Waals surface area contributed by atoms with Crippen LogP contribution >= 0.6 is 0 Å². The molecule has 2 aliphatic carbocycles. The van der Waals surface area contributed by atoms with E-state index in [0.717, 1.165) is 0 Å². The Bertz CT molecular complexity index is 2850. The second-order valence-corrected chi connectivity index (χ2v) is 15.6. The number of rotatable bonds is 4. The van der Waals surface area contributed by atoms with Gasteiger partial charge in [-0.2, -0.15) is 0 Å². The van der Waals surface area contributed by atoms with Crippen LogP contribution in [0.2, 0.25) is 0 Å². The summed E-state index contributed by atoms with van der Waals surface area (Å²) < 4.78 is 0. The first-order valence-electron chi connectivity index (χ1n) is 19.1. The fourth-order valence-corrected chi connectivity index (χ4v) is 10.2. The molecule has 11 rings (SSSR count). The molecule has 0 heterocycles. The van der Waals surface area contributed by atoms with Gasteiger partial charge in [-0.25, -0.2) is 0 Å². The van der Waals surface area contributed by atoms with Gasteiger partial charge in [-0.15, -0.1) is 0 Å². The van der Waals surface area contributed by atoms with Crippen LogP contribution in [0.3, 0.4) is 0 Å². The molecule has 0 spiro atoms. The SMILES string of the molecule is CC1(C)c2ccccc2-c2ccc(-c3c4ccccc4c(-c4ccc5c(c4)C(c4ccccc4)(c4ccccc4)c4ccccc4-5)c4ccccc34)cc21. The zero-order chi connectivity index (χ0) is 36.0. The highest BCUT2D eigenvalue weighted by molar-refractivity contribution is 6.21. The fourth-order valence-electron chi connectivity index (χ4n) is 10.2. The van der Waals surface area contributed by atoms with Crippen LogP contribution in [0.15, 0.2) is 194 Å². The molecule has 0 fully saturated rings. The lowest BCUT2D eigenvalue weighted by Gasteiger charge is -2.34. The minimum Gasteiger partial charge on any atom is -0.0622 e. The van der Waals surface area contributed by atoms with Crippen LogP contribution in [-0.4, -0.2) is 0 Å². The average molecular weight is 687 g/mol. The van der Waals surface area contributed by atoms with Crippen molar-refractivity contribution in [2.75, 3.05) is 0 Å². The molecule has 2 aliphatic rings. The van der Waals surface area contributed by atoms with E-state index in [9.17, 15) is 0 Å². The van der Waals surface area contributed by atoms with Crippen molar-refractivity contribution < 1.29 is 0 Å². The van der Waals surface area contributed by atoms with E-state index in [4.69, 9.17) is 0 Å². The lowest BCUT2D eigenvalue weighted by molar-refractivity contribution is 0.660. The lowest BCUT2D eigenvalue weighted by Crippen LogP contribution is -2.28. The Morgan fingerprint density at radius 2 is 0.667 bits per heavy atom. The summed E-state index contributed by atoms with van der Waals surface area (Å²) in [6, 6.07) is 72.7. The molecule has 0 saturated carbocycles. The van der Waals surface area contributed by atoms with E-state index < -0.39 is 5.41 Å². The summed E-state index contributed by atoms with van der Waals surface area (Å²) in [7, 11) is 0. The van der Waals surface area contributed by atoms with E-state index in [0.29, 0.717) is 0 Å². The number of hydrogen-bond donors (Lipinski definition) is 0.